The topological polar surface area (TPSA) is 88.3 Å². The fourth-order valence-electron chi connectivity index (χ4n) is 2.65. The number of nitrogen functional groups attached to an aromatic ring is 1. The molecule has 0 amide bonds. The maximum atomic E-state index is 12.5. The van der Waals surface area contributed by atoms with Crippen LogP contribution in [0.3, 0.4) is 0 Å². The van der Waals surface area contributed by atoms with Gasteiger partial charge in [-0.15, -0.1) is 13.2 Å². The summed E-state index contributed by atoms with van der Waals surface area (Å²) in [4.78, 5) is 4.12. The van der Waals surface area contributed by atoms with Crippen LogP contribution in [0.15, 0.2) is 60.8 Å². The molecule has 9 heteroatoms. The Morgan fingerprint density at radius 1 is 1.04 bits per heavy atom. The molecular formula is C19H14F3N2O3S-. The molecule has 3 rings (SSSR count). The van der Waals surface area contributed by atoms with Gasteiger partial charge in [-0.25, -0.2) is 4.98 Å². The third kappa shape index (κ3) is 5.08. The molecule has 1 unspecified atom stereocenters. The van der Waals surface area contributed by atoms with Gasteiger partial charge in [0.05, 0.1) is 0 Å². The molecule has 0 aliphatic rings. The molecule has 2 aromatic carbocycles. The lowest BCUT2D eigenvalue weighted by molar-refractivity contribution is -0.274. The molecule has 0 aliphatic carbocycles. The van der Waals surface area contributed by atoms with Gasteiger partial charge >= 0.3 is 6.36 Å². The number of nitrogens with zero attached hydrogens (tertiary/aromatic N) is 1. The highest BCUT2D eigenvalue weighted by Gasteiger charge is 2.31. The first kappa shape index (κ1) is 19.8. The van der Waals surface area contributed by atoms with Gasteiger partial charge in [0.1, 0.15) is 11.6 Å². The maximum Gasteiger partial charge on any atom is 0.573 e. The zero-order valence-corrected chi connectivity index (χ0v) is 15.1. The molecule has 1 aromatic heterocycles. The molecule has 2 N–H and O–H groups in total. The van der Waals surface area contributed by atoms with Gasteiger partial charge in [-0.05, 0) is 34.9 Å². The van der Waals surface area contributed by atoms with E-state index in [-0.39, 0.29) is 17.3 Å². The van der Waals surface area contributed by atoms with Gasteiger partial charge in [0.25, 0.3) is 0 Å². The molecule has 1 atom stereocenters. The Kier molecular flexibility index (Phi) is 5.66. The van der Waals surface area contributed by atoms with Crippen LogP contribution in [0.25, 0.3) is 22.3 Å². The average molecular weight is 407 g/mol. The number of halogens is 3. The Bertz CT molecular complexity index is 1010. The zero-order chi connectivity index (χ0) is 20.3. The summed E-state index contributed by atoms with van der Waals surface area (Å²) in [5, 5.41) is 0. The number of alkyl halides is 3. The van der Waals surface area contributed by atoms with Gasteiger partial charge in [0, 0.05) is 23.1 Å². The largest absolute Gasteiger partial charge is 0.772 e. The fourth-order valence-corrected chi connectivity index (χ4v) is 3.12. The Labute approximate surface area is 161 Å². The number of aromatic nitrogens is 1. The van der Waals surface area contributed by atoms with Crippen LogP contribution in [-0.4, -0.2) is 20.1 Å². The number of nitrogens with two attached hydrogens (primary N) is 1. The van der Waals surface area contributed by atoms with Crippen molar-refractivity contribution >= 4 is 16.9 Å². The molecule has 5 nitrogen and oxygen atoms in total. The Balaban J connectivity index is 1.94. The van der Waals surface area contributed by atoms with E-state index in [1.807, 2.05) is 0 Å². The lowest BCUT2D eigenvalue weighted by atomic mass is 10.0. The Morgan fingerprint density at radius 3 is 2.39 bits per heavy atom. The van der Waals surface area contributed by atoms with Crippen molar-refractivity contribution in [3.05, 3.63) is 66.4 Å². The van der Waals surface area contributed by atoms with Crippen molar-refractivity contribution < 1.29 is 26.7 Å². The van der Waals surface area contributed by atoms with Crippen molar-refractivity contribution in [3.63, 3.8) is 0 Å². The van der Waals surface area contributed by atoms with Crippen molar-refractivity contribution in [2.45, 2.75) is 12.1 Å². The standard InChI is InChI=1S/C19H15F3N2O3S/c20-19(21,22)27-16-3-1-2-14(8-16)17-9-15(10-24-18(17)23)13-6-4-12(5-7-13)11-28(25)26/h1-10H,11H2,(H2,23,24)(H,25,26)/p-1. The van der Waals surface area contributed by atoms with Crippen LogP contribution in [0.5, 0.6) is 5.75 Å². The number of hydrogen-bond donors (Lipinski definition) is 1. The molecular weight excluding hydrogens is 393 g/mol. The third-order valence-corrected chi connectivity index (χ3v) is 4.44. The van der Waals surface area contributed by atoms with Crippen LogP contribution in [-0.2, 0) is 16.8 Å². The van der Waals surface area contributed by atoms with Crippen molar-refractivity contribution in [3.8, 4) is 28.0 Å². The van der Waals surface area contributed by atoms with Crippen LogP contribution in [0.1, 0.15) is 5.56 Å². The highest BCUT2D eigenvalue weighted by atomic mass is 32.2. The number of pyridine rings is 1. The first-order chi connectivity index (χ1) is 13.2. The monoisotopic (exact) mass is 407 g/mol. The van der Waals surface area contributed by atoms with Crippen LogP contribution in [0, 0.1) is 0 Å². The second kappa shape index (κ2) is 7.99. The molecule has 0 radical (unpaired) electrons. The minimum atomic E-state index is -4.79. The summed E-state index contributed by atoms with van der Waals surface area (Å²) in [6, 6.07) is 14.0. The minimum Gasteiger partial charge on any atom is -0.772 e. The number of benzene rings is 2. The molecule has 0 fully saturated rings. The first-order valence-electron chi connectivity index (χ1n) is 7.98. The third-order valence-electron chi connectivity index (χ3n) is 3.87. The predicted octanol–water partition coefficient (Wildman–Crippen LogP) is 4.28. The van der Waals surface area contributed by atoms with E-state index in [1.165, 1.54) is 24.4 Å². The molecule has 0 saturated heterocycles. The summed E-state index contributed by atoms with van der Waals surface area (Å²) >= 11 is -2.18. The second-order valence-corrected chi connectivity index (χ2v) is 6.77. The lowest BCUT2D eigenvalue weighted by Gasteiger charge is -2.12. The average Bonchev–Trinajstić information content (AvgIpc) is 2.61. The summed E-state index contributed by atoms with van der Waals surface area (Å²) < 4.78 is 62.9. The zero-order valence-electron chi connectivity index (χ0n) is 14.3. The molecule has 0 spiro atoms. The van der Waals surface area contributed by atoms with Crippen LogP contribution in [0.4, 0.5) is 19.0 Å². The molecule has 0 aliphatic heterocycles. The highest BCUT2D eigenvalue weighted by molar-refractivity contribution is 7.78. The van der Waals surface area contributed by atoms with Crippen molar-refractivity contribution in [1.82, 2.24) is 4.98 Å². The maximum absolute atomic E-state index is 12.5. The van der Waals surface area contributed by atoms with E-state index in [0.717, 1.165) is 5.56 Å². The van der Waals surface area contributed by atoms with E-state index >= 15 is 0 Å². The minimum absolute atomic E-state index is 0.0858. The summed E-state index contributed by atoms with van der Waals surface area (Å²) in [5.41, 5.74) is 8.87. The molecule has 0 bridgehead atoms. The molecule has 0 saturated carbocycles. The smallest absolute Gasteiger partial charge is 0.573 e. The van der Waals surface area contributed by atoms with Gasteiger partial charge in [-0.1, -0.05) is 47.5 Å². The van der Waals surface area contributed by atoms with Crippen LogP contribution >= 0.6 is 0 Å². The van der Waals surface area contributed by atoms with Gasteiger partial charge in [0.2, 0.25) is 0 Å². The normalized spacial score (nSPS) is 12.6. The summed E-state index contributed by atoms with van der Waals surface area (Å²) in [6.45, 7) is 0. The Hall–Kier alpha value is -2.91. The SMILES string of the molecule is Nc1ncc(-c2ccc(CS(=O)[O-])cc2)cc1-c1cccc(OC(F)(F)F)c1. The van der Waals surface area contributed by atoms with E-state index < -0.39 is 17.4 Å². The highest BCUT2D eigenvalue weighted by Crippen LogP contribution is 2.33. The molecule has 28 heavy (non-hydrogen) atoms. The summed E-state index contributed by atoms with van der Waals surface area (Å²) in [7, 11) is 0. The number of ether oxygens (including phenoxy) is 1. The van der Waals surface area contributed by atoms with E-state index in [9.17, 15) is 21.9 Å². The fraction of sp³-hybridized carbons (Fsp3) is 0.105. The molecule has 146 valence electrons. The van der Waals surface area contributed by atoms with Gasteiger partial charge in [0.15, 0.2) is 0 Å². The van der Waals surface area contributed by atoms with E-state index in [0.29, 0.717) is 22.3 Å². The molecule has 3 aromatic rings. The van der Waals surface area contributed by atoms with Crippen molar-refractivity contribution in [2.75, 3.05) is 5.73 Å². The van der Waals surface area contributed by atoms with Gasteiger partial charge in [-0.3, -0.25) is 4.21 Å². The first-order valence-corrected chi connectivity index (χ1v) is 9.22. The number of anilines is 1. The van der Waals surface area contributed by atoms with Crippen molar-refractivity contribution in [1.29, 1.82) is 0 Å². The van der Waals surface area contributed by atoms with Crippen LogP contribution < -0.4 is 10.5 Å². The van der Waals surface area contributed by atoms with E-state index in [4.69, 9.17) is 5.73 Å². The summed E-state index contributed by atoms with van der Waals surface area (Å²) in [6.07, 6.45) is -3.25. The van der Waals surface area contributed by atoms with Gasteiger partial charge < -0.3 is 15.0 Å². The number of rotatable bonds is 5. The lowest BCUT2D eigenvalue weighted by Crippen LogP contribution is -2.17. The van der Waals surface area contributed by atoms with Crippen LogP contribution in [0.2, 0.25) is 0 Å². The summed E-state index contributed by atoms with van der Waals surface area (Å²) in [5.74, 6) is -0.284. The second-order valence-electron chi connectivity index (χ2n) is 5.88. The number of hydrogen-bond acceptors (Lipinski definition) is 5. The molecule has 1 heterocycles. The van der Waals surface area contributed by atoms with Crippen molar-refractivity contribution in [2.24, 2.45) is 0 Å². The quantitative estimate of drug-likeness (QED) is 0.638. The predicted molar refractivity (Wildman–Crippen MR) is 98.8 cm³/mol. The Morgan fingerprint density at radius 2 is 1.75 bits per heavy atom. The van der Waals surface area contributed by atoms with E-state index in [2.05, 4.69) is 9.72 Å². The van der Waals surface area contributed by atoms with E-state index in [1.54, 1.807) is 36.4 Å². The van der Waals surface area contributed by atoms with Gasteiger partial charge in [-0.2, -0.15) is 0 Å².